The number of aliphatic carboxylic acids is 1. The molecule has 4 rings (SSSR count). The number of carboxylic acids is 1. The van der Waals surface area contributed by atoms with Crippen LogP contribution in [0.1, 0.15) is 37.3 Å². The maximum absolute atomic E-state index is 12.1. The lowest BCUT2D eigenvalue weighted by Crippen LogP contribution is -2.53. The van der Waals surface area contributed by atoms with Crippen LogP contribution in [0, 0.1) is 5.92 Å². The van der Waals surface area contributed by atoms with Crippen molar-refractivity contribution in [2.45, 2.75) is 37.1 Å². The van der Waals surface area contributed by atoms with Crippen molar-refractivity contribution in [2.24, 2.45) is 5.92 Å². The molecule has 2 aromatic rings. The number of benzene rings is 2. The van der Waals surface area contributed by atoms with Crippen molar-refractivity contribution in [3.63, 3.8) is 0 Å². The lowest BCUT2D eigenvalue weighted by atomic mass is 9.80. The Morgan fingerprint density at radius 1 is 1.10 bits per heavy atom. The number of nitrogens with zero attached hydrogens (tertiary/aromatic N) is 1. The fraction of sp³-hybridized carbons (Fsp3) is 0.417. The number of nitrogens with one attached hydrogen (secondary N) is 1. The van der Waals surface area contributed by atoms with Gasteiger partial charge >= 0.3 is 5.97 Å². The molecule has 1 heterocycles. The molecule has 1 saturated carbocycles. The van der Waals surface area contributed by atoms with Crippen molar-refractivity contribution in [3.8, 4) is 0 Å². The molecule has 0 unspecified atom stereocenters. The molecule has 0 aromatic heterocycles. The Hall–Kier alpha value is -2.37. The van der Waals surface area contributed by atoms with E-state index in [9.17, 15) is 14.7 Å². The van der Waals surface area contributed by atoms with E-state index in [1.807, 2.05) is 30.3 Å². The number of carboxylic acid groups (broad SMARTS) is 1. The molecule has 2 aromatic carbocycles. The predicted molar refractivity (Wildman–Crippen MR) is 116 cm³/mol. The quantitative estimate of drug-likeness (QED) is 0.736. The molecule has 1 saturated heterocycles. The standard InChI is InChI=1S/C24H27ClN2O3/c1-17(28)26-23(18-6-3-2-4-7-18)10-12-27(13-11-23)16-20-15-24(20,22(29)30)19-8-5-9-21(25)14-19/h2-9,14,20H,10-13,15-16H2,1H3,(H,26,28)(H,29,30)/t20-,24+/m0/s1. The molecular weight excluding hydrogens is 400 g/mol. The topological polar surface area (TPSA) is 69.6 Å². The van der Waals surface area contributed by atoms with Crippen LogP contribution in [0.4, 0.5) is 0 Å². The summed E-state index contributed by atoms with van der Waals surface area (Å²) < 4.78 is 0. The zero-order valence-corrected chi connectivity index (χ0v) is 17.9. The highest BCUT2D eigenvalue weighted by atomic mass is 35.5. The number of carbonyl (C=O) groups excluding carboxylic acids is 1. The minimum Gasteiger partial charge on any atom is -0.481 e. The van der Waals surface area contributed by atoms with Crippen LogP contribution in [0.5, 0.6) is 0 Å². The molecule has 0 radical (unpaired) electrons. The zero-order chi connectivity index (χ0) is 21.4. The third-order valence-corrected chi connectivity index (χ3v) is 6.99. The van der Waals surface area contributed by atoms with Gasteiger partial charge in [-0.25, -0.2) is 0 Å². The number of likely N-dealkylation sites (tertiary alicyclic amines) is 1. The molecule has 0 spiro atoms. The maximum Gasteiger partial charge on any atom is 0.314 e. The van der Waals surface area contributed by atoms with Gasteiger partial charge in [-0.05, 0) is 48.4 Å². The average molecular weight is 427 g/mol. The van der Waals surface area contributed by atoms with Crippen LogP contribution in [0.2, 0.25) is 5.02 Å². The van der Waals surface area contributed by atoms with E-state index in [0.717, 1.165) is 43.6 Å². The van der Waals surface area contributed by atoms with Crippen LogP contribution in [-0.4, -0.2) is 41.5 Å². The van der Waals surface area contributed by atoms with E-state index < -0.39 is 11.4 Å². The number of carbonyl (C=O) groups is 2. The number of hydrogen-bond donors (Lipinski definition) is 2. The normalized spacial score (nSPS) is 25.5. The number of piperidine rings is 1. The predicted octanol–water partition coefficient (Wildman–Crippen LogP) is 3.81. The fourth-order valence-corrected chi connectivity index (χ4v) is 5.25. The van der Waals surface area contributed by atoms with E-state index in [0.29, 0.717) is 11.4 Å². The number of halogens is 1. The lowest BCUT2D eigenvalue weighted by Gasteiger charge is -2.43. The number of rotatable bonds is 6. The second-order valence-corrected chi connectivity index (χ2v) is 9.05. The molecule has 30 heavy (non-hydrogen) atoms. The first-order chi connectivity index (χ1) is 14.4. The molecule has 158 valence electrons. The Bertz CT molecular complexity index is 940. The maximum atomic E-state index is 12.1. The summed E-state index contributed by atoms with van der Waals surface area (Å²) in [5.74, 6) is -0.734. The van der Waals surface area contributed by atoms with E-state index >= 15 is 0 Å². The van der Waals surface area contributed by atoms with Gasteiger partial charge in [-0.1, -0.05) is 54.1 Å². The van der Waals surface area contributed by atoms with Crippen molar-refractivity contribution in [3.05, 3.63) is 70.7 Å². The van der Waals surface area contributed by atoms with Crippen LogP contribution in [0.25, 0.3) is 0 Å². The van der Waals surface area contributed by atoms with Crippen molar-refractivity contribution in [1.29, 1.82) is 0 Å². The highest BCUT2D eigenvalue weighted by Gasteiger charge is 2.61. The van der Waals surface area contributed by atoms with Crippen LogP contribution in [0.3, 0.4) is 0 Å². The van der Waals surface area contributed by atoms with Crippen LogP contribution in [0.15, 0.2) is 54.6 Å². The van der Waals surface area contributed by atoms with Gasteiger partial charge in [0.1, 0.15) is 0 Å². The summed E-state index contributed by atoms with van der Waals surface area (Å²) in [6, 6.07) is 17.4. The van der Waals surface area contributed by atoms with Gasteiger partial charge in [-0.15, -0.1) is 0 Å². The smallest absolute Gasteiger partial charge is 0.314 e. The first kappa shape index (κ1) is 20.9. The fourth-order valence-electron chi connectivity index (χ4n) is 5.06. The molecule has 1 aliphatic carbocycles. The molecule has 0 bridgehead atoms. The van der Waals surface area contributed by atoms with Crippen molar-refractivity contribution in [1.82, 2.24) is 10.2 Å². The Morgan fingerprint density at radius 3 is 2.37 bits per heavy atom. The van der Waals surface area contributed by atoms with Gasteiger partial charge in [-0.2, -0.15) is 0 Å². The Morgan fingerprint density at radius 2 is 1.77 bits per heavy atom. The molecule has 6 heteroatoms. The first-order valence-electron chi connectivity index (χ1n) is 10.4. The summed E-state index contributed by atoms with van der Waals surface area (Å²) in [4.78, 5) is 26.4. The minimum absolute atomic E-state index is 0.0275. The number of hydrogen-bond acceptors (Lipinski definition) is 3. The summed E-state index contributed by atoms with van der Waals surface area (Å²) in [5, 5.41) is 13.7. The molecule has 2 N–H and O–H groups in total. The third kappa shape index (κ3) is 3.84. The molecular formula is C24H27ClN2O3. The molecule has 5 nitrogen and oxygen atoms in total. The summed E-state index contributed by atoms with van der Waals surface area (Å²) >= 11 is 6.12. The second kappa shape index (κ2) is 8.05. The average Bonchev–Trinajstić information content (AvgIpc) is 3.45. The van der Waals surface area contributed by atoms with E-state index in [2.05, 4.69) is 22.3 Å². The van der Waals surface area contributed by atoms with E-state index in [4.69, 9.17) is 11.6 Å². The minimum atomic E-state index is -0.837. The highest BCUT2D eigenvalue weighted by molar-refractivity contribution is 6.30. The molecule has 2 aliphatic rings. The lowest BCUT2D eigenvalue weighted by molar-refractivity contribution is -0.140. The third-order valence-electron chi connectivity index (χ3n) is 6.76. The Labute approximate surface area is 182 Å². The number of amides is 1. The molecule has 2 fully saturated rings. The summed E-state index contributed by atoms with van der Waals surface area (Å²) in [5.41, 5.74) is 0.729. The van der Waals surface area contributed by atoms with E-state index in [1.165, 1.54) is 0 Å². The van der Waals surface area contributed by atoms with Gasteiger partial charge in [0.05, 0.1) is 11.0 Å². The molecule has 1 aliphatic heterocycles. The van der Waals surface area contributed by atoms with Crippen LogP contribution < -0.4 is 5.32 Å². The highest BCUT2D eigenvalue weighted by Crippen LogP contribution is 2.55. The van der Waals surface area contributed by atoms with Crippen LogP contribution >= 0.6 is 11.6 Å². The summed E-state index contributed by atoms with van der Waals surface area (Å²) in [6.07, 6.45) is 2.25. The van der Waals surface area contributed by atoms with Gasteiger partial charge in [0.2, 0.25) is 5.91 Å². The Kier molecular flexibility index (Phi) is 5.60. The van der Waals surface area contributed by atoms with Crippen LogP contribution in [-0.2, 0) is 20.5 Å². The van der Waals surface area contributed by atoms with E-state index in [-0.39, 0.29) is 17.4 Å². The monoisotopic (exact) mass is 426 g/mol. The molecule has 1 amide bonds. The van der Waals surface area contributed by atoms with Gasteiger partial charge in [0, 0.05) is 31.6 Å². The van der Waals surface area contributed by atoms with Gasteiger partial charge in [0.15, 0.2) is 0 Å². The largest absolute Gasteiger partial charge is 0.481 e. The van der Waals surface area contributed by atoms with Gasteiger partial charge < -0.3 is 15.3 Å². The first-order valence-corrected chi connectivity index (χ1v) is 10.8. The SMILES string of the molecule is CC(=O)NC1(c2ccccc2)CCN(C[C@@H]2C[C@@]2(C(=O)O)c2cccc(Cl)c2)CC1. The molecule has 2 atom stereocenters. The van der Waals surface area contributed by atoms with Crippen molar-refractivity contribution >= 4 is 23.5 Å². The van der Waals surface area contributed by atoms with E-state index in [1.54, 1.807) is 19.1 Å². The van der Waals surface area contributed by atoms with Crippen molar-refractivity contribution in [2.75, 3.05) is 19.6 Å². The van der Waals surface area contributed by atoms with Gasteiger partial charge in [0.25, 0.3) is 0 Å². The second-order valence-electron chi connectivity index (χ2n) is 8.62. The zero-order valence-electron chi connectivity index (χ0n) is 17.1. The summed E-state index contributed by atoms with van der Waals surface area (Å²) in [6.45, 7) is 3.94. The van der Waals surface area contributed by atoms with Crippen molar-refractivity contribution < 1.29 is 14.7 Å². The summed E-state index contributed by atoms with van der Waals surface area (Å²) in [7, 11) is 0. The Balaban J connectivity index is 1.46. The van der Waals surface area contributed by atoms with Gasteiger partial charge in [-0.3, -0.25) is 9.59 Å².